The average molecular weight is 345 g/mol. The van der Waals surface area contributed by atoms with Crippen LogP contribution in [0, 0.1) is 0 Å². The van der Waals surface area contributed by atoms with Gasteiger partial charge in [-0.15, -0.1) is 11.3 Å². The fraction of sp³-hybridized carbons (Fsp3) is 0.133. The fourth-order valence-corrected chi connectivity index (χ4v) is 2.70. The van der Waals surface area contributed by atoms with Crippen molar-refractivity contribution in [3.63, 3.8) is 0 Å². The Balaban J connectivity index is 2.28. The van der Waals surface area contributed by atoms with Gasteiger partial charge in [0.25, 0.3) is 0 Å². The van der Waals surface area contributed by atoms with Crippen LogP contribution in [0.15, 0.2) is 36.4 Å². The minimum atomic E-state index is -2.99. The van der Waals surface area contributed by atoms with Gasteiger partial charge in [-0.3, -0.25) is 4.79 Å². The molecular weight excluding hydrogens is 334 g/mol. The Bertz CT molecular complexity index is 698. The normalized spacial score (nSPS) is 11.1. The first-order valence-corrected chi connectivity index (χ1v) is 7.30. The van der Waals surface area contributed by atoms with E-state index in [1.54, 1.807) is 24.3 Å². The highest BCUT2D eigenvalue weighted by atomic mass is 35.5. The number of rotatable bonds is 6. The van der Waals surface area contributed by atoms with Crippen molar-refractivity contribution in [2.24, 2.45) is 0 Å². The Morgan fingerprint density at radius 2 is 2.09 bits per heavy atom. The minimum absolute atomic E-state index is 0.117. The molecule has 22 heavy (non-hydrogen) atoms. The summed E-state index contributed by atoms with van der Waals surface area (Å²) in [5.41, 5.74) is 0.315. The molecule has 0 saturated heterocycles. The summed E-state index contributed by atoms with van der Waals surface area (Å²) in [5.74, 6) is -0.231. The van der Waals surface area contributed by atoms with Crippen LogP contribution >= 0.6 is 22.9 Å². The van der Waals surface area contributed by atoms with Crippen LogP contribution in [0.3, 0.4) is 0 Å². The molecule has 0 fully saturated rings. The molecule has 0 bridgehead atoms. The number of methoxy groups -OCH3 is 1. The number of alkyl halides is 2. The highest BCUT2D eigenvalue weighted by Gasteiger charge is 2.14. The van der Waals surface area contributed by atoms with Gasteiger partial charge in [-0.25, -0.2) is 0 Å². The van der Waals surface area contributed by atoms with Crippen LogP contribution in [0.4, 0.5) is 8.78 Å². The quantitative estimate of drug-likeness (QED) is 0.552. The average Bonchev–Trinajstić information content (AvgIpc) is 2.92. The van der Waals surface area contributed by atoms with Crippen LogP contribution in [-0.2, 0) is 0 Å². The molecule has 0 aliphatic heterocycles. The van der Waals surface area contributed by atoms with Gasteiger partial charge in [0.05, 0.1) is 16.3 Å². The van der Waals surface area contributed by atoms with Crippen molar-refractivity contribution in [1.82, 2.24) is 0 Å². The van der Waals surface area contributed by atoms with E-state index in [4.69, 9.17) is 16.3 Å². The third-order valence-corrected chi connectivity index (χ3v) is 3.91. The molecule has 7 heteroatoms. The lowest BCUT2D eigenvalue weighted by atomic mass is 10.1. The second kappa shape index (κ2) is 7.38. The zero-order valence-corrected chi connectivity index (χ0v) is 13.0. The second-order valence-corrected chi connectivity index (χ2v) is 5.77. The molecule has 0 amide bonds. The van der Waals surface area contributed by atoms with Gasteiger partial charge in [0, 0.05) is 5.56 Å². The molecule has 0 aliphatic carbocycles. The number of allylic oxidation sites excluding steroid dienone is 1. The molecule has 2 aromatic rings. The summed E-state index contributed by atoms with van der Waals surface area (Å²) >= 11 is 6.91. The molecule has 0 saturated carbocycles. The second-order valence-electron chi connectivity index (χ2n) is 4.06. The Hall–Kier alpha value is -1.92. The molecule has 0 unspecified atom stereocenters. The van der Waals surface area contributed by atoms with Gasteiger partial charge in [-0.1, -0.05) is 23.7 Å². The van der Waals surface area contributed by atoms with E-state index >= 15 is 0 Å². The molecule has 0 spiro atoms. The zero-order valence-electron chi connectivity index (χ0n) is 11.4. The van der Waals surface area contributed by atoms with Crippen LogP contribution in [0.2, 0.25) is 4.34 Å². The lowest BCUT2D eigenvalue weighted by molar-refractivity contribution is -0.0513. The monoisotopic (exact) mass is 344 g/mol. The van der Waals surface area contributed by atoms with Gasteiger partial charge in [0.1, 0.15) is 0 Å². The third kappa shape index (κ3) is 4.05. The van der Waals surface area contributed by atoms with Crippen molar-refractivity contribution in [3.05, 3.63) is 51.2 Å². The molecule has 2 rings (SSSR count). The molecule has 1 aromatic carbocycles. The predicted octanol–water partition coefficient (Wildman–Crippen LogP) is 4.91. The number of hydrogen-bond acceptors (Lipinski definition) is 4. The fourth-order valence-electron chi connectivity index (χ4n) is 1.73. The van der Waals surface area contributed by atoms with E-state index < -0.39 is 6.61 Å². The summed E-state index contributed by atoms with van der Waals surface area (Å²) in [4.78, 5) is 12.4. The lowest BCUT2D eigenvalue weighted by Gasteiger charge is -2.12. The highest BCUT2D eigenvalue weighted by molar-refractivity contribution is 7.18. The predicted molar refractivity (Wildman–Crippen MR) is 82.3 cm³/mol. The lowest BCUT2D eigenvalue weighted by Crippen LogP contribution is -2.05. The van der Waals surface area contributed by atoms with E-state index in [0.717, 1.165) is 11.3 Å². The molecule has 0 atom stereocenters. The highest BCUT2D eigenvalue weighted by Crippen LogP contribution is 2.33. The van der Waals surface area contributed by atoms with Crippen LogP contribution in [0.25, 0.3) is 6.08 Å². The van der Waals surface area contributed by atoms with Gasteiger partial charge in [0.2, 0.25) is 0 Å². The summed E-state index contributed by atoms with van der Waals surface area (Å²) in [7, 11) is 1.35. The van der Waals surface area contributed by atoms with Crippen molar-refractivity contribution >= 4 is 34.8 Å². The number of ketones is 1. The first-order chi connectivity index (χ1) is 10.5. The number of para-hydroxylation sites is 1. The first kappa shape index (κ1) is 16.5. The number of ether oxygens (including phenoxy) is 2. The molecule has 1 heterocycles. The molecule has 0 aliphatic rings. The minimum Gasteiger partial charge on any atom is -0.493 e. The van der Waals surface area contributed by atoms with Crippen molar-refractivity contribution in [1.29, 1.82) is 0 Å². The summed E-state index contributed by atoms with van der Waals surface area (Å²) in [6.45, 7) is -2.99. The Kier molecular flexibility index (Phi) is 5.51. The molecule has 0 N–H and O–H groups in total. The van der Waals surface area contributed by atoms with Crippen LogP contribution in [-0.4, -0.2) is 19.5 Å². The van der Waals surface area contributed by atoms with E-state index in [9.17, 15) is 13.6 Å². The van der Waals surface area contributed by atoms with Crippen molar-refractivity contribution in [3.8, 4) is 11.5 Å². The zero-order chi connectivity index (χ0) is 16.1. The number of halogens is 3. The van der Waals surface area contributed by atoms with Gasteiger partial charge in [-0.2, -0.15) is 8.78 Å². The summed E-state index contributed by atoms with van der Waals surface area (Å²) in [6, 6.07) is 7.87. The van der Waals surface area contributed by atoms with E-state index in [1.165, 1.54) is 25.3 Å². The van der Waals surface area contributed by atoms with E-state index in [0.29, 0.717) is 14.8 Å². The van der Waals surface area contributed by atoms with Crippen molar-refractivity contribution in [2.45, 2.75) is 6.61 Å². The van der Waals surface area contributed by atoms with Crippen molar-refractivity contribution in [2.75, 3.05) is 7.11 Å². The standard InChI is InChI=1S/C15H11ClF2O3S/c1-20-11-4-2-3-9(14(11)21-15(17)18)5-6-10(19)12-7-8-13(16)22-12/h2-8,15H,1H3. The summed E-state index contributed by atoms with van der Waals surface area (Å²) in [6.07, 6.45) is 2.67. The topological polar surface area (TPSA) is 35.5 Å². The Morgan fingerprint density at radius 3 is 2.68 bits per heavy atom. The maximum Gasteiger partial charge on any atom is 0.387 e. The van der Waals surface area contributed by atoms with E-state index in [2.05, 4.69) is 4.74 Å². The number of benzene rings is 1. The summed E-state index contributed by atoms with van der Waals surface area (Å²) in [5, 5.41) is 0. The SMILES string of the molecule is COc1cccc(C=CC(=O)c2ccc(Cl)s2)c1OC(F)F. The number of hydrogen-bond donors (Lipinski definition) is 0. The van der Waals surface area contributed by atoms with Gasteiger partial charge in [0.15, 0.2) is 17.3 Å². The Morgan fingerprint density at radius 1 is 1.32 bits per heavy atom. The third-order valence-electron chi connectivity index (χ3n) is 2.67. The van der Waals surface area contributed by atoms with Crippen LogP contribution < -0.4 is 9.47 Å². The van der Waals surface area contributed by atoms with Gasteiger partial charge < -0.3 is 9.47 Å². The van der Waals surface area contributed by atoms with Gasteiger partial charge >= 0.3 is 6.61 Å². The van der Waals surface area contributed by atoms with Gasteiger partial charge in [-0.05, 0) is 30.4 Å². The smallest absolute Gasteiger partial charge is 0.387 e. The molecular formula is C15H11ClF2O3S. The van der Waals surface area contributed by atoms with E-state index in [-0.39, 0.29) is 17.3 Å². The maximum atomic E-state index is 12.5. The van der Waals surface area contributed by atoms with E-state index in [1.807, 2.05) is 0 Å². The number of carbonyl (C=O) groups excluding carboxylic acids is 1. The first-order valence-electron chi connectivity index (χ1n) is 6.11. The van der Waals surface area contributed by atoms with Crippen molar-refractivity contribution < 1.29 is 23.0 Å². The van der Waals surface area contributed by atoms with Crippen LogP contribution in [0.5, 0.6) is 11.5 Å². The molecule has 0 radical (unpaired) electrons. The number of carbonyl (C=O) groups is 1. The maximum absolute atomic E-state index is 12.5. The molecule has 116 valence electrons. The molecule has 3 nitrogen and oxygen atoms in total. The summed E-state index contributed by atoms with van der Waals surface area (Å²) < 4.78 is 35.0. The Labute approximate surface area is 134 Å². The molecule has 1 aromatic heterocycles. The largest absolute Gasteiger partial charge is 0.493 e. The van der Waals surface area contributed by atoms with Crippen LogP contribution in [0.1, 0.15) is 15.2 Å². The number of thiophene rings is 1.